The van der Waals surface area contributed by atoms with Crippen LogP contribution in [0.4, 0.5) is 14.9 Å². The second-order valence-corrected chi connectivity index (χ2v) is 6.39. The van der Waals surface area contributed by atoms with E-state index >= 15 is 0 Å². The minimum absolute atomic E-state index is 0.142. The first kappa shape index (κ1) is 19.9. The van der Waals surface area contributed by atoms with Gasteiger partial charge in [-0.1, -0.05) is 17.7 Å². The van der Waals surface area contributed by atoms with E-state index in [0.29, 0.717) is 24.2 Å². The Morgan fingerprint density at radius 2 is 2.12 bits per heavy atom. The highest BCUT2D eigenvalue weighted by atomic mass is 35.5. The topological polar surface area (TPSA) is 73.2 Å². The van der Waals surface area contributed by atoms with E-state index in [9.17, 15) is 14.0 Å². The van der Waals surface area contributed by atoms with Gasteiger partial charge in [0, 0.05) is 24.7 Å². The van der Waals surface area contributed by atoms with Crippen molar-refractivity contribution in [3.63, 3.8) is 0 Å². The van der Waals surface area contributed by atoms with Gasteiger partial charge in [-0.2, -0.15) is 5.10 Å². The molecule has 0 aliphatic heterocycles. The summed E-state index contributed by atoms with van der Waals surface area (Å²) in [5, 5.41) is 6.90. The number of hydrogen-bond donors (Lipinski definition) is 1. The Balaban J connectivity index is 1.82. The normalized spacial score (nSPS) is 10.6. The molecule has 6 nitrogen and oxygen atoms in total. The maximum atomic E-state index is 13.8. The second kappa shape index (κ2) is 9.33. The first-order chi connectivity index (χ1) is 12.4. The van der Waals surface area contributed by atoms with Crippen LogP contribution in [0.3, 0.4) is 0 Å². The van der Waals surface area contributed by atoms with Crippen molar-refractivity contribution in [2.24, 2.45) is 0 Å². The molecule has 1 aromatic heterocycles. The van der Waals surface area contributed by atoms with Gasteiger partial charge in [0.05, 0.1) is 16.9 Å². The number of hydrogen-bond acceptors (Lipinski definition) is 4. The number of halogens is 2. The van der Waals surface area contributed by atoms with Crippen LogP contribution in [0.1, 0.15) is 37.3 Å². The van der Waals surface area contributed by atoms with Crippen molar-refractivity contribution >= 4 is 29.2 Å². The number of nitrogens with zero attached hydrogens (tertiary/aromatic N) is 2. The SMILES string of the molecule is CC(=O)CCCCn1cc(NC(=O)OCc2c(F)ccc(C)c2Cl)cn1. The molecule has 0 radical (unpaired) electrons. The molecule has 2 rings (SSSR count). The van der Waals surface area contributed by atoms with Gasteiger partial charge in [0.1, 0.15) is 18.2 Å². The molecule has 1 aromatic carbocycles. The molecule has 0 fully saturated rings. The van der Waals surface area contributed by atoms with E-state index in [4.69, 9.17) is 16.3 Å². The van der Waals surface area contributed by atoms with E-state index in [1.807, 2.05) is 0 Å². The zero-order valence-electron chi connectivity index (χ0n) is 14.7. The van der Waals surface area contributed by atoms with Crippen molar-refractivity contribution in [2.75, 3.05) is 5.32 Å². The molecular weight excluding hydrogens is 361 g/mol. The predicted octanol–water partition coefficient (Wildman–Crippen LogP) is 4.49. The number of ketones is 1. The zero-order valence-corrected chi connectivity index (χ0v) is 15.5. The van der Waals surface area contributed by atoms with Crippen LogP contribution in [0.2, 0.25) is 5.02 Å². The van der Waals surface area contributed by atoms with Gasteiger partial charge in [-0.25, -0.2) is 9.18 Å². The average molecular weight is 382 g/mol. The number of anilines is 1. The molecule has 0 aliphatic carbocycles. The molecular formula is C18H21ClFN3O3. The van der Waals surface area contributed by atoms with E-state index in [-0.39, 0.29) is 23.0 Å². The fraction of sp³-hybridized carbons (Fsp3) is 0.389. The van der Waals surface area contributed by atoms with Crippen LogP contribution < -0.4 is 5.32 Å². The lowest BCUT2D eigenvalue weighted by Crippen LogP contribution is -2.14. The fourth-order valence-electron chi connectivity index (χ4n) is 2.34. The summed E-state index contributed by atoms with van der Waals surface area (Å²) in [4.78, 5) is 22.8. The summed E-state index contributed by atoms with van der Waals surface area (Å²) in [5.41, 5.74) is 1.32. The smallest absolute Gasteiger partial charge is 0.412 e. The van der Waals surface area contributed by atoms with Crippen LogP contribution >= 0.6 is 11.6 Å². The lowest BCUT2D eigenvalue weighted by molar-refractivity contribution is -0.117. The summed E-state index contributed by atoms with van der Waals surface area (Å²) in [6.45, 7) is 3.69. The minimum Gasteiger partial charge on any atom is -0.444 e. The number of ether oxygens (including phenoxy) is 1. The molecule has 26 heavy (non-hydrogen) atoms. The van der Waals surface area contributed by atoms with E-state index in [0.717, 1.165) is 12.8 Å². The summed E-state index contributed by atoms with van der Waals surface area (Å²) in [7, 11) is 0. The quantitative estimate of drug-likeness (QED) is 0.683. The maximum absolute atomic E-state index is 13.8. The van der Waals surface area contributed by atoms with Crippen LogP contribution in [-0.4, -0.2) is 21.7 Å². The standard InChI is InChI=1S/C18H21ClFN3O3/c1-12-6-7-16(20)15(17(12)19)11-26-18(25)22-14-9-21-23(10-14)8-4-3-5-13(2)24/h6-7,9-10H,3-5,8,11H2,1-2H3,(H,22,25). The van der Waals surface area contributed by atoms with Crippen molar-refractivity contribution in [1.82, 2.24) is 9.78 Å². The highest BCUT2D eigenvalue weighted by Gasteiger charge is 2.13. The first-order valence-electron chi connectivity index (χ1n) is 8.26. The predicted molar refractivity (Wildman–Crippen MR) is 96.7 cm³/mol. The van der Waals surface area contributed by atoms with Crippen molar-refractivity contribution in [1.29, 1.82) is 0 Å². The van der Waals surface area contributed by atoms with E-state index < -0.39 is 11.9 Å². The van der Waals surface area contributed by atoms with Gasteiger partial charge in [0.2, 0.25) is 0 Å². The van der Waals surface area contributed by atoms with E-state index in [1.54, 1.807) is 30.8 Å². The number of Topliss-reactive ketones (excluding diaryl/α,β-unsaturated/α-hetero) is 1. The number of nitrogens with one attached hydrogen (secondary N) is 1. The third-order valence-electron chi connectivity index (χ3n) is 3.77. The van der Waals surface area contributed by atoms with Gasteiger partial charge in [0.15, 0.2) is 0 Å². The number of benzene rings is 1. The van der Waals surface area contributed by atoms with Crippen LogP contribution in [0.15, 0.2) is 24.5 Å². The molecule has 0 spiro atoms. The van der Waals surface area contributed by atoms with Crippen LogP contribution in [0.5, 0.6) is 0 Å². The van der Waals surface area contributed by atoms with E-state index in [1.165, 1.54) is 12.3 Å². The zero-order chi connectivity index (χ0) is 19.1. The number of unbranched alkanes of at least 4 members (excludes halogenated alkanes) is 1. The van der Waals surface area contributed by atoms with Gasteiger partial charge < -0.3 is 9.53 Å². The van der Waals surface area contributed by atoms with Crippen molar-refractivity contribution in [2.45, 2.75) is 46.3 Å². The summed E-state index contributed by atoms with van der Waals surface area (Å²) in [5.74, 6) is -0.354. The lowest BCUT2D eigenvalue weighted by Gasteiger charge is -2.09. The molecule has 0 saturated carbocycles. The fourth-order valence-corrected chi connectivity index (χ4v) is 2.54. The molecule has 140 valence electrons. The van der Waals surface area contributed by atoms with Gasteiger partial charge in [-0.15, -0.1) is 0 Å². The van der Waals surface area contributed by atoms with Crippen molar-refractivity contribution in [3.05, 3.63) is 46.5 Å². The number of aromatic nitrogens is 2. The minimum atomic E-state index is -0.724. The molecule has 0 atom stereocenters. The average Bonchev–Trinajstić information content (AvgIpc) is 3.02. The highest BCUT2D eigenvalue weighted by molar-refractivity contribution is 6.32. The Morgan fingerprint density at radius 3 is 2.85 bits per heavy atom. The molecule has 8 heteroatoms. The van der Waals surface area contributed by atoms with Crippen molar-refractivity contribution in [3.8, 4) is 0 Å². The molecule has 1 N–H and O–H groups in total. The van der Waals surface area contributed by atoms with Gasteiger partial charge in [-0.3, -0.25) is 10.00 Å². The summed E-state index contributed by atoms with van der Waals surface area (Å²) in [6, 6.07) is 2.85. The third kappa shape index (κ3) is 5.84. The number of amides is 1. The van der Waals surface area contributed by atoms with Crippen LogP contribution in [-0.2, 0) is 22.7 Å². The first-order valence-corrected chi connectivity index (χ1v) is 8.63. The summed E-state index contributed by atoms with van der Waals surface area (Å²) < 4.78 is 20.5. The Hall–Kier alpha value is -2.41. The number of rotatable bonds is 8. The number of carbonyl (C=O) groups is 2. The Kier molecular flexibility index (Phi) is 7.15. The number of aryl methyl sites for hydroxylation is 2. The lowest BCUT2D eigenvalue weighted by atomic mass is 10.1. The molecule has 1 heterocycles. The molecule has 0 bridgehead atoms. The Morgan fingerprint density at radius 1 is 1.35 bits per heavy atom. The van der Waals surface area contributed by atoms with E-state index in [2.05, 4.69) is 10.4 Å². The third-order valence-corrected chi connectivity index (χ3v) is 4.30. The Labute approximate surface area is 156 Å². The molecule has 0 aliphatic rings. The molecule has 2 aromatic rings. The molecule has 0 unspecified atom stereocenters. The molecule has 0 saturated heterocycles. The van der Waals surface area contributed by atoms with Gasteiger partial charge >= 0.3 is 6.09 Å². The summed E-state index contributed by atoms with van der Waals surface area (Å²) >= 11 is 6.04. The van der Waals surface area contributed by atoms with Crippen LogP contribution in [0.25, 0.3) is 0 Å². The monoisotopic (exact) mass is 381 g/mol. The molecule has 1 amide bonds. The van der Waals surface area contributed by atoms with Crippen LogP contribution in [0, 0.1) is 12.7 Å². The largest absolute Gasteiger partial charge is 0.444 e. The Bertz CT molecular complexity index is 792. The highest BCUT2D eigenvalue weighted by Crippen LogP contribution is 2.24. The summed E-state index contributed by atoms with van der Waals surface area (Å²) in [6.07, 6.45) is 4.59. The van der Waals surface area contributed by atoms with Gasteiger partial charge in [0.25, 0.3) is 0 Å². The number of carbonyl (C=O) groups excluding carboxylic acids is 2. The maximum Gasteiger partial charge on any atom is 0.412 e. The van der Waals surface area contributed by atoms with Gasteiger partial charge in [-0.05, 0) is 38.3 Å². The van der Waals surface area contributed by atoms with Crippen molar-refractivity contribution < 1.29 is 18.7 Å². The second-order valence-electron chi connectivity index (χ2n) is 6.01.